The van der Waals surface area contributed by atoms with E-state index < -0.39 is 11.0 Å². The summed E-state index contributed by atoms with van der Waals surface area (Å²) in [6, 6.07) is 5.83. The molecule has 0 aliphatic heterocycles. The third-order valence-corrected chi connectivity index (χ3v) is 2.24. The van der Waals surface area contributed by atoms with Crippen LogP contribution < -0.4 is 5.32 Å². The van der Waals surface area contributed by atoms with Crippen molar-refractivity contribution in [2.45, 2.75) is 18.8 Å². The van der Waals surface area contributed by atoms with Crippen molar-refractivity contribution in [3.63, 3.8) is 0 Å². The molecule has 0 heterocycles. The highest BCUT2D eigenvalue weighted by Gasteiger charge is 2.06. The highest BCUT2D eigenvalue weighted by molar-refractivity contribution is 7.80. The van der Waals surface area contributed by atoms with E-state index in [-0.39, 0.29) is 17.5 Å². The minimum atomic E-state index is -0.533. The van der Waals surface area contributed by atoms with Crippen LogP contribution in [0, 0.1) is 10.1 Å². The zero-order valence-electron chi connectivity index (χ0n) is 9.83. The van der Waals surface area contributed by atoms with Gasteiger partial charge in [0.15, 0.2) is 0 Å². The summed E-state index contributed by atoms with van der Waals surface area (Å²) in [5.41, 5.74) is 0.696. The average molecular weight is 270 g/mol. The number of nitro benzene ring substituents is 1. The van der Waals surface area contributed by atoms with Crippen LogP contribution in [0.3, 0.4) is 0 Å². The first-order valence-corrected chi connectivity index (χ1v) is 5.82. The zero-order chi connectivity index (χ0) is 13.5. The Balaban J connectivity index is 2.39. The maximum absolute atomic E-state index is 11.2. The highest BCUT2D eigenvalue weighted by Crippen LogP contribution is 2.12. The first kappa shape index (κ1) is 14.3. The summed E-state index contributed by atoms with van der Waals surface area (Å²) in [5, 5.41) is 13.0. The van der Waals surface area contributed by atoms with Gasteiger partial charge in [0.25, 0.3) is 5.69 Å². The molecule has 0 saturated carbocycles. The molecule has 0 radical (unpaired) electrons. The van der Waals surface area contributed by atoms with Gasteiger partial charge in [-0.25, -0.2) is 4.79 Å². The SMILES string of the molecule is C[C@H](S)CNC(=O)OCc1ccc([N+](=O)[O-])cc1. The van der Waals surface area contributed by atoms with E-state index in [9.17, 15) is 14.9 Å². The molecule has 1 aromatic carbocycles. The number of carbonyl (C=O) groups excluding carboxylic acids is 1. The van der Waals surface area contributed by atoms with Gasteiger partial charge in [0.2, 0.25) is 0 Å². The molecule has 0 aliphatic carbocycles. The van der Waals surface area contributed by atoms with Crippen LogP contribution in [0.2, 0.25) is 0 Å². The van der Waals surface area contributed by atoms with Gasteiger partial charge in [-0.15, -0.1) is 0 Å². The lowest BCUT2D eigenvalue weighted by molar-refractivity contribution is -0.384. The third kappa shape index (κ3) is 5.05. The predicted molar refractivity (Wildman–Crippen MR) is 69.7 cm³/mol. The van der Waals surface area contributed by atoms with Gasteiger partial charge < -0.3 is 10.1 Å². The van der Waals surface area contributed by atoms with Crippen molar-refractivity contribution in [1.29, 1.82) is 0 Å². The molecule has 0 spiro atoms. The number of benzene rings is 1. The van der Waals surface area contributed by atoms with Crippen LogP contribution in [0.15, 0.2) is 24.3 Å². The number of nitrogens with zero attached hydrogens (tertiary/aromatic N) is 1. The first-order chi connectivity index (χ1) is 8.49. The first-order valence-electron chi connectivity index (χ1n) is 5.31. The van der Waals surface area contributed by atoms with Gasteiger partial charge in [-0.1, -0.05) is 6.92 Å². The van der Waals surface area contributed by atoms with Crippen molar-refractivity contribution < 1.29 is 14.5 Å². The van der Waals surface area contributed by atoms with Crippen LogP contribution in [-0.2, 0) is 11.3 Å². The van der Waals surface area contributed by atoms with Crippen molar-refractivity contribution in [1.82, 2.24) is 5.32 Å². The van der Waals surface area contributed by atoms with Crippen molar-refractivity contribution in [2.24, 2.45) is 0 Å². The van der Waals surface area contributed by atoms with Crippen molar-refractivity contribution >= 4 is 24.4 Å². The molecule has 0 bridgehead atoms. The summed E-state index contributed by atoms with van der Waals surface area (Å²) in [5.74, 6) is 0. The molecule has 98 valence electrons. The Morgan fingerprint density at radius 3 is 2.61 bits per heavy atom. The molecule has 7 heteroatoms. The van der Waals surface area contributed by atoms with E-state index in [0.717, 1.165) is 0 Å². The summed E-state index contributed by atoms with van der Waals surface area (Å²) in [6.45, 7) is 2.34. The van der Waals surface area contributed by atoms with Crippen LogP contribution in [0.1, 0.15) is 12.5 Å². The molecule has 1 amide bonds. The number of nitrogens with one attached hydrogen (secondary N) is 1. The van der Waals surface area contributed by atoms with E-state index in [2.05, 4.69) is 17.9 Å². The van der Waals surface area contributed by atoms with Gasteiger partial charge in [-0.2, -0.15) is 12.6 Å². The average Bonchev–Trinajstić information content (AvgIpc) is 2.34. The summed E-state index contributed by atoms with van der Waals surface area (Å²) in [6.07, 6.45) is -0.533. The molecule has 0 fully saturated rings. The fourth-order valence-electron chi connectivity index (χ4n) is 1.14. The van der Waals surface area contributed by atoms with Gasteiger partial charge in [-0.05, 0) is 17.7 Å². The normalized spacial score (nSPS) is 11.7. The Labute approximate surface area is 110 Å². The van der Waals surface area contributed by atoms with Crippen LogP contribution in [0.25, 0.3) is 0 Å². The van der Waals surface area contributed by atoms with E-state index in [4.69, 9.17) is 4.74 Å². The Morgan fingerprint density at radius 1 is 1.50 bits per heavy atom. The van der Waals surface area contributed by atoms with E-state index in [0.29, 0.717) is 12.1 Å². The zero-order valence-corrected chi connectivity index (χ0v) is 10.7. The number of nitro groups is 1. The summed E-state index contributed by atoms with van der Waals surface area (Å²) in [4.78, 5) is 21.2. The van der Waals surface area contributed by atoms with Crippen molar-refractivity contribution in [3.05, 3.63) is 39.9 Å². The molecule has 1 rings (SSSR count). The van der Waals surface area contributed by atoms with Gasteiger partial charge in [0, 0.05) is 23.9 Å². The number of non-ortho nitro benzene ring substituents is 1. The molecule has 6 nitrogen and oxygen atoms in total. The maximum Gasteiger partial charge on any atom is 0.407 e. The number of rotatable bonds is 5. The minimum absolute atomic E-state index is 0.00657. The quantitative estimate of drug-likeness (QED) is 0.488. The third-order valence-electron chi connectivity index (χ3n) is 2.06. The summed E-state index contributed by atoms with van der Waals surface area (Å²) in [7, 11) is 0. The van der Waals surface area contributed by atoms with Crippen LogP contribution in [0.5, 0.6) is 0 Å². The standard InChI is InChI=1S/C11H14N2O4S/c1-8(18)6-12-11(14)17-7-9-2-4-10(5-3-9)13(15)16/h2-5,8,18H,6-7H2,1H3,(H,12,14)/t8-/m0/s1. The molecule has 0 aliphatic rings. The van der Waals surface area contributed by atoms with Gasteiger partial charge in [-0.3, -0.25) is 10.1 Å². The second kappa shape index (κ2) is 6.85. The smallest absolute Gasteiger partial charge is 0.407 e. The highest BCUT2D eigenvalue weighted by atomic mass is 32.1. The second-order valence-corrected chi connectivity index (χ2v) is 4.61. The van der Waals surface area contributed by atoms with E-state index in [1.807, 2.05) is 6.92 Å². The number of alkyl carbamates (subject to hydrolysis) is 1. The molecule has 0 saturated heterocycles. The molecule has 18 heavy (non-hydrogen) atoms. The molecule has 1 N–H and O–H groups in total. The van der Waals surface area contributed by atoms with Crippen LogP contribution >= 0.6 is 12.6 Å². The molecule has 1 aromatic rings. The topological polar surface area (TPSA) is 81.5 Å². The Bertz CT molecular complexity index is 420. The van der Waals surface area contributed by atoms with Gasteiger partial charge in [0.1, 0.15) is 6.61 Å². The lowest BCUT2D eigenvalue weighted by atomic mass is 10.2. The molecular weight excluding hydrogens is 256 g/mol. The monoisotopic (exact) mass is 270 g/mol. The number of carbonyl (C=O) groups is 1. The Morgan fingerprint density at radius 2 is 2.11 bits per heavy atom. The second-order valence-electron chi connectivity index (χ2n) is 3.73. The lowest BCUT2D eigenvalue weighted by Gasteiger charge is -2.08. The molecule has 1 atom stereocenters. The van der Waals surface area contributed by atoms with Crippen LogP contribution in [-0.4, -0.2) is 22.8 Å². The number of hydrogen-bond acceptors (Lipinski definition) is 5. The van der Waals surface area contributed by atoms with Crippen molar-refractivity contribution in [3.8, 4) is 0 Å². The lowest BCUT2D eigenvalue weighted by Crippen LogP contribution is -2.29. The van der Waals surface area contributed by atoms with Crippen molar-refractivity contribution in [2.75, 3.05) is 6.54 Å². The summed E-state index contributed by atoms with van der Waals surface area (Å²) < 4.78 is 4.92. The molecule has 0 unspecified atom stereocenters. The number of ether oxygens (including phenoxy) is 1. The van der Waals surface area contributed by atoms with E-state index >= 15 is 0 Å². The van der Waals surface area contributed by atoms with Gasteiger partial charge >= 0.3 is 6.09 Å². The minimum Gasteiger partial charge on any atom is -0.445 e. The molecular formula is C11H14N2O4S. The Kier molecular flexibility index (Phi) is 5.44. The van der Waals surface area contributed by atoms with Gasteiger partial charge in [0.05, 0.1) is 4.92 Å². The Hall–Kier alpha value is -1.76. The fraction of sp³-hybridized carbons (Fsp3) is 0.364. The molecule has 0 aromatic heterocycles. The summed E-state index contributed by atoms with van der Waals surface area (Å²) >= 11 is 4.11. The fourth-order valence-corrected chi connectivity index (χ4v) is 1.24. The van der Waals surface area contributed by atoms with E-state index in [1.165, 1.54) is 12.1 Å². The number of amides is 1. The van der Waals surface area contributed by atoms with E-state index in [1.54, 1.807) is 12.1 Å². The maximum atomic E-state index is 11.2. The largest absolute Gasteiger partial charge is 0.445 e. The number of thiol groups is 1. The van der Waals surface area contributed by atoms with Crippen LogP contribution in [0.4, 0.5) is 10.5 Å². The predicted octanol–water partition coefficient (Wildman–Crippen LogP) is 2.14. The number of hydrogen-bond donors (Lipinski definition) is 2.